The molecule has 0 amide bonds. The highest BCUT2D eigenvalue weighted by molar-refractivity contribution is 5.79. The molecule has 0 saturated carbocycles. The summed E-state index contributed by atoms with van der Waals surface area (Å²) in [5.74, 6) is 0.813. The molecule has 28 heavy (non-hydrogen) atoms. The third kappa shape index (κ3) is 5.00. The Morgan fingerprint density at radius 1 is 1.11 bits per heavy atom. The van der Waals surface area contributed by atoms with Gasteiger partial charge in [0, 0.05) is 50.3 Å². The van der Waals surface area contributed by atoms with Crippen molar-refractivity contribution in [2.45, 2.75) is 40.4 Å². The minimum atomic E-state index is 0.631. The number of guanidine groups is 1. The standard InChI is InChI=1S/C21H29N7/c1-5-23-21(25-13-20-16(2)26-27(4)17(20)3)24-12-18-6-8-19(9-7-18)14-28-11-10-22-15-28/h6-11,15H,5,12-14H2,1-4H3,(H2,23,24,25). The Balaban J connectivity index is 1.60. The van der Waals surface area contributed by atoms with E-state index in [0.29, 0.717) is 13.1 Å². The largest absolute Gasteiger partial charge is 0.357 e. The van der Waals surface area contributed by atoms with Gasteiger partial charge in [-0.25, -0.2) is 9.98 Å². The molecule has 1 aromatic carbocycles. The van der Waals surface area contributed by atoms with Crippen molar-refractivity contribution in [1.29, 1.82) is 0 Å². The Morgan fingerprint density at radius 3 is 2.46 bits per heavy atom. The number of aryl methyl sites for hydroxylation is 2. The van der Waals surface area contributed by atoms with Gasteiger partial charge in [-0.2, -0.15) is 5.10 Å². The summed E-state index contributed by atoms with van der Waals surface area (Å²) in [7, 11) is 1.97. The summed E-state index contributed by atoms with van der Waals surface area (Å²) in [5, 5.41) is 11.2. The molecule has 0 atom stereocenters. The molecule has 3 aromatic rings. The van der Waals surface area contributed by atoms with Crippen LogP contribution in [0.3, 0.4) is 0 Å². The van der Waals surface area contributed by atoms with Crippen LogP contribution in [-0.4, -0.2) is 31.8 Å². The summed E-state index contributed by atoms with van der Waals surface area (Å²) in [5.41, 5.74) is 5.88. The fourth-order valence-electron chi connectivity index (χ4n) is 3.10. The minimum absolute atomic E-state index is 0.631. The van der Waals surface area contributed by atoms with E-state index in [1.54, 1.807) is 6.20 Å². The van der Waals surface area contributed by atoms with Gasteiger partial charge in [0.05, 0.1) is 18.6 Å². The molecular formula is C21H29N7. The first-order valence-electron chi connectivity index (χ1n) is 9.61. The molecule has 2 heterocycles. The molecule has 0 fully saturated rings. The van der Waals surface area contributed by atoms with Gasteiger partial charge in [0.2, 0.25) is 0 Å². The Labute approximate surface area is 166 Å². The molecule has 0 saturated heterocycles. The van der Waals surface area contributed by atoms with Crippen LogP contribution in [0.2, 0.25) is 0 Å². The average Bonchev–Trinajstić information content (AvgIpc) is 3.27. The predicted octanol–water partition coefficient (Wildman–Crippen LogP) is 2.54. The molecule has 0 aliphatic rings. The van der Waals surface area contributed by atoms with Crippen LogP contribution < -0.4 is 10.6 Å². The second kappa shape index (κ2) is 9.21. The average molecular weight is 380 g/mol. The Hall–Kier alpha value is -3.09. The van der Waals surface area contributed by atoms with Crippen LogP contribution in [0.15, 0.2) is 48.0 Å². The summed E-state index contributed by atoms with van der Waals surface area (Å²) in [4.78, 5) is 8.80. The zero-order valence-corrected chi connectivity index (χ0v) is 17.1. The van der Waals surface area contributed by atoms with Crippen LogP contribution in [0.4, 0.5) is 0 Å². The number of imidazole rings is 1. The van der Waals surface area contributed by atoms with E-state index in [1.165, 1.54) is 22.4 Å². The zero-order valence-electron chi connectivity index (χ0n) is 17.1. The lowest BCUT2D eigenvalue weighted by molar-refractivity contribution is 0.728. The number of aromatic nitrogens is 4. The van der Waals surface area contributed by atoms with Crippen LogP contribution in [0.1, 0.15) is 35.0 Å². The van der Waals surface area contributed by atoms with Crippen LogP contribution in [-0.2, 0) is 26.7 Å². The first-order valence-corrected chi connectivity index (χ1v) is 9.61. The molecule has 0 aliphatic heterocycles. The molecule has 3 rings (SSSR count). The molecule has 0 unspecified atom stereocenters. The number of nitrogens with zero attached hydrogens (tertiary/aromatic N) is 5. The second-order valence-electron chi connectivity index (χ2n) is 6.87. The van der Waals surface area contributed by atoms with E-state index in [4.69, 9.17) is 4.99 Å². The molecule has 7 heteroatoms. The number of rotatable bonds is 7. The van der Waals surface area contributed by atoms with Gasteiger partial charge in [0.25, 0.3) is 0 Å². The molecule has 0 spiro atoms. The first kappa shape index (κ1) is 19.7. The monoisotopic (exact) mass is 379 g/mol. The Kier molecular flexibility index (Phi) is 6.47. The van der Waals surface area contributed by atoms with E-state index in [1.807, 2.05) is 31.2 Å². The van der Waals surface area contributed by atoms with Gasteiger partial charge in [-0.05, 0) is 31.9 Å². The summed E-state index contributed by atoms with van der Waals surface area (Å²) in [6.07, 6.45) is 5.60. The minimum Gasteiger partial charge on any atom is -0.357 e. The van der Waals surface area contributed by atoms with Crippen LogP contribution in [0.5, 0.6) is 0 Å². The van der Waals surface area contributed by atoms with E-state index in [9.17, 15) is 0 Å². The first-order chi connectivity index (χ1) is 13.6. The number of aliphatic imine (C=N–C) groups is 1. The van der Waals surface area contributed by atoms with Crippen LogP contribution in [0, 0.1) is 13.8 Å². The lowest BCUT2D eigenvalue weighted by atomic mass is 10.1. The van der Waals surface area contributed by atoms with Crippen molar-refractivity contribution in [3.05, 3.63) is 71.1 Å². The summed E-state index contributed by atoms with van der Waals surface area (Å²) < 4.78 is 3.98. The lowest BCUT2D eigenvalue weighted by Gasteiger charge is -2.12. The van der Waals surface area contributed by atoms with Gasteiger partial charge < -0.3 is 15.2 Å². The number of benzene rings is 1. The highest BCUT2D eigenvalue weighted by Crippen LogP contribution is 2.11. The number of hydrogen-bond donors (Lipinski definition) is 2. The normalized spacial score (nSPS) is 11.6. The van der Waals surface area contributed by atoms with E-state index >= 15 is 0 Å². The van der Waals surface area contributed by atoms with E-state index in [0.717, 1.165) is 24.7 Å². The molecular weight excluding hydrogens is 350 g/mol. The quantitative estimate of drug-likeness (QED) is 0.489. The van der Waals surface area contributed by atoms with Gasteiger partial charge in [0.1, 0.15) is 0 Å². The van der Waals surface area contributed by atoms with Crippen molar-refractivity contribution < 1.29 is 0 Å². The predicted molar refractivity (Wildman–Crippen MR) is 112 cm³/mol. The van der Waals surface area contributed by atoms with E-state index < -0.39 is 0 Å². The molecule has 0 radical (unpaired) electrons. The van der Waals surface area contributed by atoms with Crippen molar-refractivity contribution in [3.8, 4) is 0 Å². The summed E-state index contributed by atoms with van der Waals surface area (Å²) in [6, 6.07) is 8.56. The number of hydrogen-bond acceptors (Lipinski definition) is 3. The maximum Gasteiger partial charge on any atom is 0.191 e. The van der Waals surface area contributed by atoms with Gasteiger partial charge in [-0.3, -0.25) is 4.68 Å². The van der Waals surface area contributed by atoms with E-state index in [2.05, 4.69) is 63.4 Å². The molecule has 148 valence electrons. The lowest BCUT2D eigenvalue weighted by Crippen LogP contribution is -2.37. The van der Waals surface area contributed by atoms with Crippen LogP contribution in [0.25, 0.3) is 0 Å². The van der Waals surface area contributed by atoms with Crippen molar-refractivity contribution >= 4 is 5.96 Å². The number of nitrogens with one attached hydrogen (secondary N) is 2. The van der Waals surface area contributed by atoms with Crippen molar-refractivity contribution in [2.24, 2.45) is 12.0 Å². The summed E-state index contributed by atoms with van der Waals surface area (Å²) in [6.45, 7) is 9.19. The van der Waals surface area contributed by atoms with Gasteiger partial charge in [0.15, 0.2) is 5.96 Å². The van der Waals surface area contributed by atoms with E-state index in [-0.39, 0.29) is 0 Å². The molecule has 0 aliphatic carbocycles. The second-order valence-corrected chi connectivity index (χ2v) is 6.87. The molecule has 2 N–H and O–H groups in total. The van der Waals surface area contributed by atoms with Crippen molar-refractivity contribution in [3.63, 3.8) is 0 Å². The maximum atomic E-state index is 4.72. The maximum absolute atomic E-state index is 4.72. The molecule has 7 nitrogen and oxygen atoms in total. The third-order valence-corrected chi connectivity index (χ3v) is 4.80. The van der Waals surface area contributed by atoms with Crippen molar-refractivity contribution in [1.82, 2.24) is 30.0 Å². The third-order valence-electron chi connectivity index (χ3n) is 4.80. The molecule has 2 aromatic heterocycles. The Bertz CT molecular complexity index is 905. The topological polar surface area (TPSA) is 72.1 Å². The zero-order chi connectivity index (χ0) is 19.9. The van der Waals surface area contributed by atoms with Gasteiger partial charge in [-0.1, -0.05) is 24.3 Å². The van der Waals surface area contributed by atoms with Gasteiger partial charge >= 0.3 is 0 Å². The fourth-order valence-corrected chi connectivity index (χ4v) is 3.10. The smallest absolute Gasteiger partial charge is 0.191 e. The molecule has 0 bridgehead atoms. The fraction of sp³-hybridized carbons (Fsp3) is 0.381. The van der Waals surface area contributed by atoms with Crippen molar-refractivity contribution in [2.75, 3.05) is 6.54 Å². The van der Waals surface area contributed by atoms with Crippen LogP contribution >= 0.6 is 0 Å². The highest BCUT2D eigenvalue weighted by Gasteiger charge is 2.09. The summed E-state index contributed by atoms with van der Waals surface area (Å²) >= 11 is 0. The van der Waals surface area contributed by atoms with Gasteiger partial charge in [-0.15, -0.1) is 0 Å². The SMILES string of the molecule is CCNC(=NCc1ccc(Cn2ccnc2)cc1)NCc1c(C)nn(C)c1C. The highest BCUT2D eigenvalue weighted by atomic mass is 15.3. The Morgan fingerprint density at radius 2 is 1.86 bits per heavy atom.